The monoisotopic (exact) mass is 442 g/mol. The lowest BCUT2D eigenvalue weighted by Crippen LogP contribution is -2.58. The summed E-state index contributed by atoms with van der Waals surface area (Å²) in [4.78, 5) is 0. The van der Waals surface area contributed by atoms with Crippen molar-refractivity contribution >= 4 is 0 Å². The molecule has 0 amide bonds. The molecule has 0 aromatic heterocycles. The van der Waals surface area contributed by atoms with E-state index in [0.29, 0.717) is 16.9 Å². The molecule has 0 aromatic rings. The molecule has 182 valence electrons. The smallest absolute Gasteiger partial charge is 0.120 e. The second-order valence-corrected chi connectivity index (χ2v) is 13.4. The Labute approximate surface area is 198 Å². The maximum atomic E-state index is 7.10. The summed E-state index contributed by atoms with van der Waals surface area (Å²) >= 11 is 0. The normalized spacial score (nSPS) is 48.9. The fourth-order valence-electron chi connectivity index (χ4n) is 9.84. The second kappa shape index (κ2) is 7.84. The second-order valence-electron chi connectivity index (χ2n) is 13.4. The van der Waals surface area contributed by atoms with Crippen LogP contribution in [-0.2, 0) is 9.47 Å². The molecular formula is C30H50O2. The van der Waals surface area contributed by atoms with Crippen molar-refractivity contribution in [2.75, 3.05) is 7.11 Å². The van der Waals surface area contributed by atoms with E-state index in [0.717, 1.165) is 29.6 Å². The highest BCUT2D eigenvalue weighted by molar-refractivity contribution is 5.48. The van der Waals surface area contributed by atoms with E-state index in [1.807, 2.05) is 7.11 Å². The van der Waals surface area contributed by atoms with Gasteiger partial charge in [-0.15, -0.1) is 0 Å². The minimum absolute atomic E-state index is 0.0868. The standard InChI is InChI=1S/C30H50O2/c1-8-22(20(2)3)10-9-21(4)25-11-12-26-27(25,5)17-18-30-28(6)15-14-24(31-7)19-23(28)13-16-29(26,30)32-30/h12,20-25H,8-11,13-19H2,1-7H3. The van der Waals surface area contributed by atoms with Crippen molar-refractivity contribution in [2.24, 2.45) is 40.4 Å². The zero-order valence-electron chi connectivity index (χ0n) is 22.1. The zero-order chi connectivity index (χ0) is 22.9. The molecule has 0 radical (unpaired) electrons. The van der Waals surface area contributed by atoms with E-state index in [2.05, 4.69) is 47.6 Å². The molecule has 2 nitrogen and oxygen atoms in total. The van der Waals surface area contributed by atoms with Crippen LogP contribution in [0.4, 0.5) is 0 Å². The maximum absolute atomic E-state index is 7.10. The lowest BCUT2D eigenvalue weighted by molar-refractivity contribution is -0.0680. The summed E-state index contributed by atoms with van der Waals surface area (Å²) in [7, 11) is 1.91. The summed E-state index contributed by atoms with van der Waals surface area (Å²) in [6, 6.07) is 0. The predicted octanol–water partition coefficient (Wildman–Crippen LogP) is 7.95. The summed E-state index contributed by atoms with van der Waals surface area (Å²) in [6.07, 6.45) is 17.6. The van der Waals surface area contributed by atoms with Crippen LogP contribution >= 0.6 is 0 Å². The van der Waals surface area contributed by atoms with Gasteiger partial charge in [0.15, 0.2) is 0 Å². The van der Waals surface area contributed by atoms with Crippen molar-refractivity contribution in [1.82, 2.24) is 0 Å². The molecule has 0 aromatic carbocycles. The van der Waals surface area contributed by atoms with Crippen molar-refractivity contribution in [3.05, 3.63) is 11.6 Å². The van der Waals surface area contributed by atoms with Crippen LogP contribution in [0.5, 0.6) is 0 Å². The van der Waals surface area contributed by atoms with E-state index >= 15 is 0 Å². The predicted molar refractivity (Wildman–Crippen MR) is 133 cm³/mol. The number of epoxide rings is 1. The molecule has 0 spiro atoms. The van der Waals surface area contributed by atoms with Gasteiger partial charge in [0.2, 0.25) is 0 Å². The average Bonchev–Trinajstić information content (AvgIpc) is 3.35. The molecule has 9 unspecified atom stereocenters. The van der Waals surface area contributed by atoms with Gasteiger partial charge in [-0.3, -0.25) is 0 Å². The Bertz CT molecular complexity index is 756. The van der Waals surface area contributed by atoms with Crippen LogP contribution in [-0.4, -0.2) is 24.4 Å². The van der Waals surface area contributed by atoms with Crippen LogP contribution in [0.2, 0.25) is 0 Å². The Morgan fingerprint density at radius 1 is 1.06 bits per heavy atom. The number of methoxy groups -OCH3 is 1. The third-order valence-electron chi connectivity index (χ3n) is 12.1. The van der Waals surface area contributed by atoms with Crippen LogP contribution in [0.25, 0.3) is 0 Å². The quantitative estimate of drug-likeness (QED) is 0.295. The van der Waals surface area contributed by atoms with Crippen molar-refractivity contribution in [2.45, 2.75) is 129 Å². The van der Waals surface area contributed by atoms with Crippen molar-refractivity contribution in [3.63, 3.8) is 0 Å². The lowest BCUT2D eigenvalue weighted by Gasteiger charge is -2.56. The summed E-state index contributed by atoms with van der Waals surface area (Å²) in [5.41, 5.74) is 2.68. The Morgan fingerprint density at radius 3 is 2.53 bits per heavy atom. The van der Waals surface area contributed by atoms with Gasteiger partial charge in [-0.1, -0.05) is 60.5 Å². The maximum Gasteiger partial charge on any atom is 0.120 e. The van der Waals surface area contributed by atoms with E-state index in [4.69, 9.17) is 9.47 Å². The number of rotatable bonds is 7. The fraction of sp³-hybridized carbons (Fsp3) is 0.933. The molecule has 0 bridgehead atoms. The molecule has 4 aliphatic carbocycles. The van der Waals surface area contributed by atoms with Crippen molar-refractivity contribution < 1.29 is 9.47 Å². The van der Waals surface area contributed by atoms with E-state index in [1.165, 1.54) is 70.6 Å². The van der Waals surface area contributed by atoms with Gasteiger partial charge in [-0.05, 0) is 98.4 Å². The zero-order valence-corrected chi connectivity index (χ0v) is 22.1. The van der Waals surface area contributed by atoms with Gasteiger partial charge < -0.3 is 9.47 Å². The molecule has 5 aliphatic rings. The van der Waals surface area contributed by atoms with Gasteiger partial charge in [0.1, 0.15) is 11.2 Å². The molecule has 9 atom stereocenters. The molecule has 2 heteroatoms. The highest BCUT2D eigenvalue weighted by Crippen LogP contribution is 2.80. The highest BCUT2D eigenvalue weighted by atomic mass is 16.6. The minimum Gasteiger partial charge on any atom is -0.381 e. The third-order valence-corrected chi connectivity index (χ3v) is 12.1. The first kappa shape index (κ1) is 23.4. The molecule has 3 saturated carbocycles. The van der Waals surface area contributed by atoms with Gasteiger partial charge in [0, 0.05) is 12.5 Å². The van der Waals surface area contributed by atoms with Gasteiger partial charge in [-0.2, -0.15) is 0 Å². The molecule has 1 heterocycles. The molecule has 0 N–H and O–H groups in total. The number of ether oxygens (including phenoxy) is 2. The van der Waals surface area contributed by atoms with Gasteiger partial charge in [0.25, 0.3) is 0 Å². The Kier molecular flexibility index (Phi) is 5.73. The SMILES string of the molecule is CCC(CCC(C)C1CC=C2C1(C)CCC13OC21CCC1CC(OC)CCC13C)C(C)C. The van der Waals surface area contributed by atoms with Crippen LogP contribution in [0, 0.1) is 40.4 Å². The van der Waals surface area contributed by atoms with Crippen LogP contribution in [0.15, 0.2) is 11.6 Å². The molecule has 32 heavy (non-hydrogen) atoms. The van der Waals surface area contributed by atoms with E-state index in [-0.39, 0.29) is 11.2 Å². The Morgan fingerprint density at radius 2 is 1.84 bits per heavy atom. The number of allylic oxidation sites excluding steroid dienone is 1. The average molecular weight is 443 g/mol. The van der Waals surface area contributed by atoms with Crippen LogP contribution in [0.1, 0.15) is 112 Å². The third kappa shape index (κ3) is 2.96. The highest BCUT2D eigenvalue weighted by Gasteiger charge is 2.84. The van der Waals surface area contributed by atoms with E-state index in [9.17, 15) is 0 Å². The summed E-state index contributed by atoms with van der Waals surface area (Å²) in [5, 5.41) is 0. The summed E-state index contributed by atoms with van der Waals surface area (Å²) in [5.74, 6) is 4.11. The summed E-state index contributed by atoms with van der Waals surface area (Å²) < 4.78 is 12.9. The van der Waals surface area contributed by atoms with Crippen LogP contribution in [0.3, 0.4) is 0 Å². The first-order valence-electron chi connectivity index (χ1n) is 14.1. The number of hydrogen-bond acceptors (Lipinski definition) is 2. The Hall–Kier alpha value is -0.340. The van der Waals surface area contributed by atoms with Gasteiger partial charge in [0.05, 0.1) is 6.10 Å². The Balaban J connectivity index is 1.34. The minimum atomic E-state index is 0.0868. The molecule has 4 fully saturated rings. The number of hydrogen-bond donors (Lipinski definition) is 0. The van der Waals surface area contributed by atoms with Crippen molar-refractivity contribution in [3.8, 4) is 0 Å². The van der Waals surface area contributed by atoms with Crippen LogP contribution < -0.4 is 0 Å². The molecule has 1 aliphatic heterocycles. The van der Waals surface area contributed by atoms with E-state index < -0.39 is 0 Å². The first-order valence-corrected chi connectivity index (χ1v) is 14.1. The van der Waals surface area contributed by atoms with E-state index in [1.54, 1.807) is 5.57 Å². The summed E-state index contributed by atoms with van der Waals surface area (Å²) in [6.45, 7) is 15.0. The number of fused-ring (bicyclic) bond motifs is 2. The lowest BCUT2D eigenvalue weighted by atomic mass is 9.45. The molecule has 1 saturated heterocycles. The van der Waals surface area contributed by atoms with Gasteiger partial charge in [-0.25, -0.2) is 0 Å². The van der Waals surface area contributed by atoms with Crippen molar-refractivity contribution in [1.29, 1.82) is 0 Å². The topological polar surface area (TPSA) is 21.8 Å². The fourth-order valence-corrected chi connectivity index (χ4v) is 9.84. The van der Waals surface area contributed by atoms with Gasteiger partial charge >= 0.3 is 0 Å². The molecule has 5 rings (SSSR count). The first-order chi connectivity index (χ1) is 15.2. The molecular weight excluding hydrogens is 392 g/mol. The largest absolute Gasteiger partial charge is 0.381 e.